The van der Waals surface area contributed by atoms with Crippen molar-refractivity contribution in [3.05, 3.63) is 59.4 Å². The predicted molar refractivity (Wildman–Crippen MR) is 101 cm³/mol. The van der Waals surface area contributed by atoms with Crippen LogP contribution < -0.4 is 10.3 Å². The largest absolute Gasteiger partial charge is 0.351 e. The van der Waals surface area contributed by atoms with E-state index in [2.05, 4.69) is 15.4 Å². The van der Waals surface area contributed by atoms with Gasteiger partial charge >= 0.3 is 0 Å². The smallest absolute Gasteiger partial charge is 0.267 e. The second-order valence-electron chi connectivity index (χ2n) is 6.37. The van der Waals surface area contributed by atoms with E-state index in [1.165, 1.54) is 5.01 Å². The maximum atomic E-state index is 12.4. The van der Waals surface area contributed by atoms with Gasteiger partial charge in [0.25, 0.3) is 5.91 Å². The standard InChI is InChI=1S/C20H22N4O2/c1-14-6-7-15(2)18(13-14)24-19(25)9-8-17(23-24)20(26)22-12-10-16-5-3-4-11-21-16/h3-7,11,13H,8-10,12H2,1-2H3,(H,22,26). The number of benzene rings is 1. The number of nitrogens with one attached hydrogen (secondary N) is 1. The average Bonchev–Trinajstić information content (AvgIpc) is 2.65. The highest BCUT2D eigenvalue weighted by atomic mass is 16.2. The van der Waals surface area contributed by atoms with Crippen molar-refractivity contribution in [2.75, 3.05) is 11.6 Å². The summed E-state index contributed by atoms with van der Waals surface area (Å²) in [6.07, 6.45) is 3.02. The lowest BCUT2D eigenvalue weighted by Crippen LogP contribution is -2.40. The van der Waals surface area contributed by atoms with Crippen LogP contribution in [0.1, 0.15) is 29.7 Å². The second kappa shape index (κ2) is 7.91. The summed E-state index contributed by atoms with van der Waals surface area (Å²) in [5, 5.41) is 8.56. The molecule has 0 fully saturated rings. The highest BCUT2D eigenvalue weighted by Crippen LogP contribution is 2.25. The fourth-order valence-corrected chi connectivity index (χ4v) is 2.80. The lowest BCUT2D eigenvalue weighted by atomic mass is 10.1. The molecule has 0 spiro atoms. The molecule has 0 bridgehead atoms. The van der Waals surface area contributed by atoms with E-state index in [0.29, 0.717) is 25.1 Å². The molecular weight excluding hydrogens is 328 g/mol. The van der Waals surface area contributed by atoms with Crippen LogP contribution in [-0.4, -0.2) is 29.1 Å². The third kappa shape index (κ3) is 4.14. The minimum atomic E-state index is -0.233. The van der Waals surface area contributed by atoms with Gasteiger partial charge in [-0.15, -0.1) is 0 Å². The maximum Gasteiger partial charge on any atom is 0.267 e. The van der Waals surface area contributed by atoms with Gasteiger partial charge in [0.05, 0.1) is 5.69 Å². The Kier molecular flexibility index (Phi) is 5.41. The van der Waals surface area contributed by atoms with Crippen molar-refractivity contribution in [2.24, 2.45) is 5.10 Å². The normalized spacial score (nSPS) is 14.2. The van der Waals surface area contributed by atoms with Crippen LogP contribution in [0.15, 0.2) is 47.7 Å². The zero-order valence-corrected chi connectivity index (χ0v) is 15.0. The third-order valence-electron chi connectivity index (χ3n) is 4.28. The summed E-state index contributed by atoms with van der Waals surface area (Å²) < 4.78 is 0. The Labute approximate surface area is 152 Å². The van der Waals surface area contributed by atoms with Gasteiger partial charge in [0.1, 0.15) is 5.71 Å². The van der Waals surface area contributed by atoms with Gasteiger partial charge in [-0.1, -0.05) is 18.2 Å². The van der Waals surface area contributed by atoms with E-state index < -0.39 is 0 Å². The zero-order chi connectivity index (χ0) is 18.5. The van der Waals surface area contributed by atoms with Crippen molar-refractivity contribution < 1.29 is 9.59 Å². The Balaban J connectivity index is 1.69. The van der Waals surface area contributed by atoms with E-state index in [0.717, 1.165) is 22.5 Å². The predicted octanol–water partition coefficient (Wildman–Crippen LogP) is 2.54. The first-order valence-corrected chi connectivity index (χ1v) is 8.70. The molecular formula is C20H22N4O2. The monoisotopic (exact) mass is 350 g/mol. The molecule has 0 unspecified atom stereocenters. The number of aryl methyl sites for hydroxylation is 2. The summed E-state index contributed by atoms with van der Waals surface area (Å²) in [6.45, 7) is 4.37. The number of hydrazone groups is 1. The Morgan fingerprint density at radius 1 is 1.19 bits per heavy atom. The Hall–Kier alpha value is -3.02. The fourth-order valence-electron chi connectivity index (χ4n) is 2.80. The molecule has 0 saturated carbocycles. The van der Waals surface area contributed by atoms with E-state index in [4.69, 9.17) is 0 Å². The van der Waals surface area contributed by atoms with Gasteiger partial charge in [-0.3, -0.25) is 14.6 Å². The van der Waals surface area contributed by atoms with E-state index >= 15 is 0 Å². The summed E-state index contributed by atoms with van der Waals surface area (Å²) >= 11 is 0. The van der Waals surface area contributed by atoms with E-state index in [-0.39, 0.29) is 18.2 Å². The first-order valence-electron chi connectivity index (χ1n) is 8.70. The van der Waals surface area contributed by atoms with Crippen molar-refractivity contribution in [3.8, 4) is 0 Å². The molecule has 0 atom stereocenters. The Morgan fingerprint density at radius 2 is 2.04 bits per heavy atom. The Bertz CT molecular complexity index is 846. The van der Waals surface area contributed by atoms with Gasteiger partial charge in [-0.2, -0.15) is 5.10 Å². The maximum absolute atomic E-state index is 12.4. The molecule has 0 saturated heterocycles. The molecule has 0 aliphatic carbocycles. The highest BCUT2D eigenvalue weighted by molar-refractivity contribution is 6.40. The lowest BCUT2D eigenvalue weighted by molar-refractivity contribution is -0.118. The van der Waals surface area contributed by atoms with Gasteiger partial charge in [-0.05, 0) is 43.2 Å². The summed E-state index contributed by atoms with van der Waals surface area (Å²) in [4.78, 5) is 29.0. The average molecular weight is 350 g/mol. The molecule has 2 amide bonds. The van der Waals surface area contributed by atoms with Crippen LogP contribution in [-0.2, 0) is 16.0 Å². The minimum Gasteiger partial charge on any atom is -0.351 e. The van der Waals surface area contributed by atoms with E-state index in [9.17, 15) is 9.59 Å². The number of hydrogen-bond acceptors (Lipinski definition) is 4. The SMILES string of the molecule is Cc1ccc(C)c(N2N=C(C(=O)NCCc3ccccn3)CCC2=O)c1. The molecule has 2 aromatic rings. The second-order valence-corrected chi connectivity index (χ2v) is 6.37. The van der Waals surface area contributed by atoms with Crippen LogP contribution in [0, 0.1) is 13.8 Å². The van der Waals surface area contributed by atoms with Gasteiger partial charge in [0.2, 0.25) is 5.91 Å². The molecule has 1 N–H and O–H groups in total. The highest BCUT2D eigenvalue weighted by Gasteiger charge is 2.26. The van der Waals surface area contributed by atoms with Crippen molar-refractivity contribution in [1.29, 1.82) is 0 Å². The first-order chi connectivity index (χ1) is 12.5. The molecule has 3 rings (SSSR count). The molecule has 26 heavy (non-hydrogen) atoms. The van der Waals surface area contributed by atoms with Crippen LogP contribution in [0.3, 0.4) is 0 Å². The number of amides is 2. The molecule has 2 heterocycles. The van der Waals surface area contributed by atoms with Crippen LogP contribution in [0.2, 0.25) is 0 Å². The van der Waals surface area contributed by atoms with E-state index in [1.807, 2.05) is 50.2 Å². The lowest BCUT2D eigenvalue weighted by Gasteiger charge is -2.24. The number of carbonyl (C=O) groups is 2. The van der Waals surface area contributed by atoms with Crippen molar-refractivity contribution in [3.63, 3.8) is 0 Å². The fraction of sp³-hybridized carbons (Fsp3) is 0.300. The van der Waals surface area contributed by atoms with Crippen LogP contribution in [0.25, 0.3) is 0 Å². The van der Waals surface area contributed by atoms with E-state index in [1.54, 1.807) is 6.20 Å². The molecule has 0 radical (unpaired) electrons. The van der Waals surface area contributed by atoms with Gasteiger partial charge in [-0.25, -0.2) is 5.01 Å². The molecule has 6 heteroatoms. The molecule has 1 aromatic carbocycles. The van der Waals surface area contributed by atoms with Crippen molar-refractivity contribution in [2.45, 2.75) is 33.1 Å². The van der Waals surface area contributed by atoms with Crippen LogP contribution >= 0.6 is 0 Å². The number of hydrogen-bond donors (Lipinski definition) is 1. The molecule has 1 aliphatic rings. The molecule has 134 valence electrons. The zero-order valence-electron chi connectivity index (χ0n) is 15.0. The third-order valence-corrected chi connectivity index (χ3v) is 4.28. The molecule has 6 nitrogen and oxygen atoms in total. The number of rotatable bonds is 5. The van der Waals surface area contributed by atoms with Gasteiger partial charge in [0.15, 0.2) is 0 Å². The van der Waals surface area contributed by atoms with Crippen molar-refractivity contribution >= 4 is 23.2 Å². The van der Waals surface area contributed by atoms with Crippen molar-refractivity contribution in [1.82, 2.24) is 10.3 Å². The van der Waals surface area contributed by atoms with Gasteiger partial charge < -0.3 is 5.32 Å². The summed E-state index contributed by atoms with van der Waals surface area (Å²) in [6, 6.07) is 11.6. The quantitative estimate of drug-likeness (QED) is 0.900. The topological polar surface area (TPSA) is 74.7 Å². The number of pyridine rings is 1. The van der Waals surface area contributed by atoms with Gasteiger partial charge in [0, 0.05) is 37.7 Å². The minimum absolute atomic E-state index is 0.0938. The summed E-state index contributed by atoms with van der Waals surface area (Å²) in [5.74, 6) is -0.326. The van der Waals surface area contributed by atoms with Crippen LogP contribution in [0.4, 0.5) is 5.69 Å². The summed E-state index contributed by atoms with van der Waals surface area (Å²) in [5.41, 5.74) is 4.02. The number of nitrogens with zero attached hydrogens (tertiary/aromatic N) is 3. The Morgan fingerprint density at radius 3 is 2.81 bits per heavy atom. The molecule has 1 aromatic heterocycles. The first kappa shape index (κ1) is 17.8. The molecule has 1 aliphatic heterocycles. The number of aromatic nitrogens is 1. The number of anilines is 1. The number of carbonyl (C=O) groups excluding carboxylic acids is 2. The summed E-state index contributed by atoms with van der Waals surface area (Å²) in [7, 11) is 0. The van der Waals surface area contributed by atoms with Crippen LogP contribution in [0.5, 0.6) is 0 Å².